The molecule has 1 aromatic carbocycles. The van der Waals surface area contributed by atoms with Gasteiger partial charge in [-0.2, -0.15) is 0 Å². The van der Waals surface area contributed by atoms with Crippen LogP contribution in [0.5, 0.6) is 0 Å². The fourth-order valence-electron chi connectivity index (χ4n) is 2.87. The molecule has 4 nitrogen and oxygen atoms in total. The summed E-state index contributed by atoms with van der Waals surface area (Å²) < 4.78 is 18.3. The maximum atomic E-state index is 13.4. The molecular weight excluding hydrogens is 414 g/mol. The summed E-state index contributed by atoms with van der Waals surface area (Å²) >= 11 is 7.92. The van der Waals surface area contributed by atoms with Crippen LogP contribution in [0.25, 0.3) is 9.78 Å². The summed E-state index contributed by atoms with van der Waals surface area (Å²) in [5.41, 5.74) is 2.11. The molecule has 4 rings (SSSR count). The third-order valence-corrected chi connectivity index (χ3v) is 7.52. The second-order valence-corrected chi connectivity index (χ2v) is 9.02. The molecule has 0 saturated carbocycles. The molecule has 0 atom stereocenters. The fraction of sp³-hybridized carbons (Fsp3) is 0.250. The van der Waals surface area contributed by atoms with Gasteiger partial charge in [0.05, 0.1) is 0 Å². The number of nitrogens with zero attached hydrogens (tertiary/aromatic N) is 3. The van der Waals surface area contributed by atoms with E-state index in [1.165, 1.54) is 16.1 Å². The second-order valence-electron chi connectivity index (χ2n) is 5.46. The van der Waals surface area contributed by atoms with Crippen LogP contribution in [-0.2, 0) is 13.0 Å². The Kier molecular flexibility index (Phi) is 4.54. The first-order valence-electron chi connectivity index (χ1n) is 7.42. The number of halogens is 2. The Labute approximate surface area is 154 Å². The number of rotatable bonds is 3. The van der Waals surface area contributed by atoms with Crippen LogP contribution in [0.2, 0.25) is 5.02 Å². The minimum absolute atomic E-state index is 0.100. The molecule has 0 saturated heterocycles. The Morgan fingerprint density at radius 2 is 2.25 bits per heavy atom. The van der Waals surface area contributed by atoms with Gasteiger partial charge in [0, 0.05) is 0 Å². The van der Waals surface area contributed by atoms with Gasteiger partial charge in [-0.15, -0.1) is 0 Å². The molecule has 8 heteroatoms. The molecule has 0 bridgehead atoms. The molecule has 0 aliphatic carbocycles. The van der Waals surface area contributed by atoms with Gasteiger partial charge in [-0.3, -0.25) is 0 Å². The Bertz CT molecular complexity index is 916. The number of nitrogens with one attached hydrogen (secondary N) is 1. The molecule has 3 heterocycles. The Hall–Kier alpha value is -1.11. The molecule has 0 spiro atoms. The van der Waals surface area contributed by atoms with Crippen molar-refractivity contribution in [1.29, 1.82) is 0 Å². The van der Waals surface area contributed by atoms with Crippen molar-refractivity contribution in [1.82, 2.24) is 14.3 Å². The van der Waals surface area contributed by atoms with E-state index in [-0.39, 0.29) is 19.5 Å². The van der Waals surface area contributed by atoms with Crippen molar-refractivity contribution in [2.45, 2.75) is 13.0 Å². The van der Waals surface area contributed by atoms with E-state index in [0.717, 1.165) is 40.8 Å². The third kappa shape index (κ3) is 2.95. The number of hydrogen-bond acceptors (Lipinski definition) is 5. The topological polar surface area (TPSA) is 41.1 Å². The Balaban J connectivity index is 1.76. The molecule has 0 radical (unpaired) electrons. The van der Waals surface area contributed by atoms with Crippen molar-refractivity contribution in [2.75, 3.05) is 18.1 Å². The van der Waals surface area contributed by atoms with Crippen molar-refractivity contribution in [3.63, 3.8) is 0 Å². The standard InChI is InChI=1S/C16H14ClFN4SSe/c1-23-22-5-4-10-13(7-22)24-16-14(10)15(19-8-20-16)21-9-2-3-12(18)11(17)6-9/h2-3,6,8H,4-5,7H2,1H3,(H,19,20,21). The molecule has 124 valence electrons. The van der Waals surface area contributed by atoms with Gasteiger partial charge in [0.25, 0.3) is 0 Å². The SMILES string of the molecule is CSN1CCc2c([se]c3ncnc(Nc4ccc(F)c(Cl)c4)c23)C1. The van der Waals surface area contributed by atoms with Crippen molar-refractivity contribution in [2.24, 2.45) is 0 Å². The molecule has 2 aromatic heterocycles. The zero-order valence-electron chi connectivity index (χ0n) is 12.8. The number of anilines is 2. The molecule has 3 aromatic rings. The summed E-state index contributed by atoms with van der Waals surface area (Å²) in [5.74, 6) is 0.361. The Morgan fingerprint density at radius 3 is 3.04 bits per heavy atom. The van der Waals surface area contributed by atoms with E-state index in [2.05, 4.69) is 25.8 Å². The molecule has 24 heavy (non-hydrogen) atoms. The number of hydrogen-bond donors (Lipinski definition) is 1. The van der Waals surface area contributed by atoms with Gasteiger partial charge in [-0.25, -0.2) is 0 Å². The molecule has 1 aliphatic rings. The van der Waals surface area contributed by atoms with Crippen molar-refractivity contribution < 1.29 is 4.39 Å². The van der Waals surface area contributed by atoms with Crippen LogP contribution >= 0.6 is 23.5 Å². The predicted molar refractivity (Wildman–Crippen MR) is 98.8 cm³/mol. The fourth-order valence-corrected chi connectivity index (χ4v) is 6.29. The van der Waals surface area contributed by atoms with Crippen LogP contribution in [0.15, 0.2) is 24.5 Å². The maximum absolute atomic E-state index is 13.4. The minimum atomic E-state index is -0.423. The normalized spacial score (nSPS) is 14.8. The van der Waals surface area contributed by atoms with E-state index in [1.54, 1.807) is 30.4 Å². The van der Waals surface area contributed by atoms with Gasteiger partial charge >= 0.3 is 154 Å². The average molecular weight is 428 g/mol. The number of aromatic nitrogens is 2. The van der Waals surface area contributed by atoms with Gasteiger partial charge in [0.1, 0.15) is 0 Å². The molecule has 0 amide bonds. The summed E-state index contributed by atoms with van der Waals surface area (Å²) in [4.78, 5) is 8.92. The van der Waals surface area contributed by atoms with Crippen LogP contribution in [0, 0.1) is 5.82 Å². The summed E-state index contributed by atoms with van der Waals surface area (Å²) in [5, 5.41) is 4.52. The average Bonchev–Trinajstić information content (AvgIpc) is 2.96. The van der Waals surface area contributed by atoms with Crippen molar-refractivity contribution in [3.05, 3.63) is 45.4 Å². The van der Waals surface area contributed by atoms with Gasteiger partial charge in [0.15, 0.2) is 0 Å². The summed E-state index contributed by atoms with van der Waals surface area (Å²) in [6, 6.07) is 4.61. The molecule has 1 aliphatic heterocycles. The van der Waals surface area contributed by atoms with E-state index in [1.807, 2.05) is 0 Å². The first-order valence-corrected chi connectivity index (χ1v) is 10.7. The van der Waals surface area contributed by atoms with E-state index in [0.29, 0.717) is 0 Å². The van der Waals surface area contributed by atoms with E-state index < -0.39 is 5.82 Å². The molecule has 0 unspecified atom stereocenters. The van der Waals surface area contributed by atoms with Crippen molar-refractivity contribution in [3.8, 4) is 0 Å². The first-order chi connectivity index (χ1) is 11.7. The zero-order valence-corrected chi connectivity index (χ0v) is 16.1. The third-order valence-electron chi connectivity index (χ3n) is 4.04. The molecule has 0 fully saturated rings. The molecular formula is C16H14ClFN4SSe. The second kappa shape index (κ2) is 6.65. The summed E-state index contributed by atoms with van der Waals surface area (Å²) in [6.45, 7) is 2.03. The van der Waals surface area contributed by atoms with Crippen LogP contribution < -0.4 is 5.32 Å². The number of benzene rings is 1. The monoisotopic (exact) mass is 428 g/mol. The van der Waals surface area contributed by atoms with Crippen LogP contribution in [0.3, 0.4) is 0 Å². The van der Waals surface area contributed by atoms with Crippen LogP contribution in [0.4, 0.5) is 15.9 Å². The summed E-state index contributed by atoms with van der Waals surface area (Å²) in [7, 11) is 0. The quantitative estimate of drug-likeness (QED) is 0.508. The van der Waals surface area contributed by atoms with E-state index in [4.69, 9.17) is 11.6 Å². The van der Waals surface area contributed by atoms with Crippen molar-refractivity contribution >= 4 is 59.3 Å². The predicted octanol–water partition coefficient (Wildman–Crippen LogP) is 3.86. The van der Waals surface area contributed by atoms with Gasteiger partial charge in [-0.05, 0) is 0 Å². The zero-order chi connectivity index (χ0) is 16.7. The van der Waals surface area contributed by atoms with Crippen LogP contribution in [-0.4, -0.2) is 41.6 Å². The van der Waals surface area contributed by atoms with E-state index >= 15 is 0 Å². The molecule has 1 N–H and O–H groups in total. The van der Waals surface area contributed by atoms with E-state index in [9.17, 15) is 4.39 Å². The Morgan fingerprint density at radius 1 is 1.38 bits per heavy atom. The first kappa shape index (κ1) is 16.4. The van der Waals surface area contributed by atoms with Gasteiger partial charge in [-0.1, -0.05) is 0 Å². The van der Waals surface area contributed by atoms with Gasteiger partial charge in [0.2, 0.25) is 0 Å². The van der Waals surface area contributed by atoms with Gasteiger partial charge < -0.3 is 0 Å². The summed E-state index contributed by atoms with van der Waals surface area (Å²) in [6.07, 6.45) is 4.72. The van der Waals surface area contributed by atoms with Crippen LogP contribution in [0.1, 0.15) is 10.0 Å². The number of fused-ring (bicyclic) bond motifs is 3.